The number of unbranched alkanes of at least 4 members (excludes halogenated alkanes) is 2. The normalized spacial score (nSPS) is 14.0. The topological polar surface area (TPSA) is 529 Å². The van der Waals surface area contributed by atoms with Gasteiger partial charge in [-0.25, -0.2) is 9.59 Å². The van der Waals surface area contributed by atoms with E-state index in [1.54, 1.807) is 179 Å². The van der Waals surface area contributed by atoms with Crippen LogP contribution < -0.4 is 80.6 Å². The number of amides is 13. The molecular formula is C108H145N15O20. The molecule has 0 aliphatic carbocycles. The van der Waals surface area contributed by atoms with Crippen LogP contribution in [0.3, 0.4) is 0 Å². The second-order valence-electron chi connectivity index (χ2n) is 39.4. The summed E-state index contributed by atoms with van der Waals surface area (Å²) in [6.07, 6.45) is -3.84. The first kappa shape index (κ1) is 116. The second kappa shape index (κ2) is 55.8. The van der Waals surface area contributed by atoms with Gasteiger partial charge in [0.25, 0.3) is 0 Å². The molecule has 7 rings (SSSR count). The van der Waals surface area contributed by atoms with Gasteiger partial charge in [-0.1, -0.05) is 240 Å². The number of ether oxygens (including phenoxy) is 3. The first-order valence-electron chi connectivity index (χ1n) is 48.7. The van der Waals surface area contributed by atoms with Gasteiger partial charge in [-0.3, -0.25) is 67.1 Å². The highest BCUT2D eigenvalue weighted by Crippen LogP contribution is 2.39. The van der Waals surface area contributed by atoms with Gasteiger partial charge in [0.15, 0.2) is 0 Å². The molecule has 0 aliphatic rings. The molecule has 0 saturated heterocycles. The van der Waals surface area contributed by atoms with Crippen LogP contribution in [0.2, 0.25) is 0 Å². The molecular weight excluding hydrogens is 1830 g/mol. The molecule has 0 saturated carbocycles. The molecule has 0 radical (unpaired) electrons. The van der Waals surface area contributed by atoms with Crippen LogP contribution in [0.15, 0.2) is 212 Å². The number of rotatable bonds is 54. The first-order valence-corrected chi connectivity index (χ1v) is 48.7. The minimum absolute atomic E-state index is 0.00523. The molecule has 0 aromatic heterocycles. The smallest absolute Gasteiger partial charge is 0.407 e. The number of hydrogen-bond acceptors (Lipinski definition) is 21. The van der Waals surface area contributed by atoms with Gasteiger partial charge in [-0.15, -0.1) is 0 Å². The summed E-state index contributed by atoms with van der Waals surface area (Å²) >= 11 is 0. The van der Waals surface area contributed by atoms with Crippen molar-refractivity contribution in [2.24, 2.45) is 23.3 Å². The zero-order valence-corrected chi connectivity index (χ0v) is 84.6. The second-order valence-corrected chi connectivity index (χ2v) is 39.4. The quantitative estimate of drug-likeness (QED) is 0.00733. The van der Waals surface area contributed by atoms with Crippen molar-refractivity contribution in [1.29, 1.82) is 0 Å². The largest absolute Gasteiger partial charge is 0.480 e. The minimum Gasteiger partial charge on any atom is -0.480 e. The standard InChI is InChI=1S/C108H145N15O20/c1-68(2)65-79(110)94(130)119-86(67-90(127)142-105(10,11)12)99(135)116-80(55-38-40-64-111-103(140)143-106(13,14)15)97(133)117-82(58-61-88(125)123-108(76-49-31-20-32-50-76,77-51-33-21-34-52-77)78-53-35-22-36-54-78)96(132)113-70(5)92(128)114-81(57-60-87(124)122-107(73-43-25-17-26-44-73,74-45-27-18-28-46-74)75-47-29-19-30-48-75)95(131)112-71(6)93(129)115-83(59-62-89(126)141-104(7,8)9)98(134)120-85(66-72-41-23-16-24-42-72)100(136)121-91(69(3)4)101(137)118-84(102(138)139)56-37-39-63-109/h16-36,41-54,68-71,79-86,91H,37-40,55-67,109-110H2,1-15H3,(H,111,140)(H,112,131)(H,113,132)(H,114,128)(H,115,129)(H,116,135)(H,117,133)(H,118,137)(H,119,130)(H,120,134)(H,121,136)(H,122,124)(H,123,125)(H,138,139)/t70-,71-,79-,80-,81-,82-,83-,84-,85-,86-,91-/m0/s1. The van der Waals surface area contributed by atoms with Gasteiger partial charge in [0.05, 0.1) is 12.5 Å². The summed E-state index contributed by atoms with van der Waals surface area (Å²) in [6, 6.07) is 45.4. The summed E-state index contributed by atoms with van der Waals surface area (Å²) in [7, 11) is 0. The average Bonchev–Trinajstić information content (AvgIpc) is 0.756. The number of esters is 2. The van der Waals surface area contributed by atoms with Gasteiger partial charge < -0.3 is 99.9 Å². The Morgan fingerprint density at radius 1 is 0.329 bits per heavy atom. The van der Waals surface area contributed by atoms with E-state index in [0.717, 1.165) is 0 Å². The zero-order chi connectivity index (χ0) is 105. The third-order valence-electron chi connectivity index (χ3n) is 23.1. The van der Waals surface area contributed by atoms with Crippen LogP contribution >= 0.6 is 0 Å². The molecule has 0 aliphatic heterocycles. The van der Waals surface area contributed by atoms with Gasteiger partial charge in [-0.2, -0.15) is 0 Å². The number of aliphatic carboxylic acids is 1. The number of carbonyl (C=O) groups excluding carboxylic acids is 15. The van der Waals surface area contributed by atoms with E-state index in [4.69, 9.17) is 25.7 Å². The molecule has 7 aromatic carbocycles. The summed E-state index contributed by atoms with van der Waals surface area (Å²) in [5.41, 5.74) is 10.5. The van der Waals surface area contributed by atoms with Gasteiger partial charge in [0, 0.05) is 32.2 Å². The lowest BCUT2D eigenvalue weighted by molar-refractivity contribution is -0.157. The van der Waals surface area contributed by atoms with Crippen molar-refractivity contribution in [2.45, 2.75) is 295 Å². The number of carboxylic acids is 1. The van der Waals surface area contributed by atoms with Crippen LogP contribution in [-0.4, -0.2) is 196 Å². The van der Waals surface area contributed by atoms with Gasteiger partial charge in [-0.05, 0) is 198 Å². The number of carboxylic acid groups (broad SMARTS) is 1. The summed E-state index contributed by atoms with van der Waals surface area (Å²) < 4.78 is 16.6. The molecule has 0 fully saturated rings. The molecule has 143 heavy (non-hydrogen) atoms. The Balaban J connectivity index is 1.29. The fourth-order valence-corrected chi connectivity index (χ4v) is 16.0. The van der Waals surface area contributed by atoms with Crippen LogP contribution in [0.25, 0.3) is 0 Å². The maximum absolute atomic E-state index is 15.7. The fraction of sp³-hybridized carbons (Fsp3) is 0.463. The number of nitrogens with one attached hydrogen (secondary N) is 13. The highest BCUT2D eigenvalue weighted by Gasteiger charge is 2.43. The number of nitrogens with two attached hydrogens (primary N) is 2. The van der Waals surface area contributed by atoms with Crippen molar-refractivity contribution < 1.29 is 96.0 Å². The van der Waals surface area contributed by atoms with E-state index in [9.17, 15) is 43.5 Å². The SMILES string of the molecule is CC(C)C[C@H](N)C(=O)N[C@@H](CC(=O)OC(C)(C)C)C(=O)N[C@@H](CCCCNC(=O)OC(C)(C)C)C(=O)N[C@@H](CCC(=O)NC(c1ccccc1)(c1ccccc1)c1ccccc1)C(=O)N[C@@H](C)C(=O)N[C@@H](CCC(=O)NC(c1ccccc1)(c1ccccc1)c1ccccc1)C(=O)N[C@@H](C)C(=O)N[C@@H](CCC(=O)OC(C)(C)C)C(=O)N[C@@H](Cc1ccccc1)C(=O)N[C@H](C(=O)N[C@@H](CCCCN)C(=O)O)C(C)C. The molecule has 11 atom stereocenters. The molecule has 18 N–H and O–H groups in total. The molecule has 35 heteroatoms. The molecule has 0 unspecified atom stereocenters. The van der Waals surface area contributed by atoms with E-state index in [1.165, 1.54) is 13.8 Å². The van der Waals surface area contributed by atoms with Crippen LogP contribution in [0.4, 0.5) is 4.79 Å². The van der Waals surface area contributed by atoms with E-state index in [-0.39, 0.29) is 57.5 Å². The summed E-state index contributed by atoms with van der Waals surface area (Å²) in [6.45, 7) is 24.3. The molecule has 7 aromatic rings. The van der Waals surface area contributed by atoms with Gasteiger partial charge in [0.2, 0.25) is 70.9 Å². The highest BCUT2D eigenvalue weighted by atomic mass is 16.6. The van der Waals surface area contributed by atoms with Gasteiger partial charge >= 0.3 is 24.0 Å². The van der Waals surface area contributed by atoms with E-state index in [2.05, 4.69) is 69.1 Å². The number of benzene rings is 7. The van der Waals surface area contributed by atoms with Crippen molar-refractivity contribution in [3.8, 4) is 0 Å². The van der Waals surface area contributed by atoms with E-state index >= 15 is 38.4 Å². The Labute approximate surface area is 837 Å². The summed E-state index contributed by atoms with van der Waals surface area (Å²) in [5.74, 6) is -15.2. The monoisotopic (exact) mass is 1970 g/mol. The highest BCUT2D eigenvalue weighted by molar-refractivity contribution is 6.00. The third-order valence-corrected chi connectivity index (χ3v) is 23.1. The third kappa shape index (κ3) is 38.0. The van der Waals surface area contributed by atoms with Gasteiger partial charge in [0.1, 0.15) is 88.3 Å². The molecule has 0 bridgehead atoms. The molecule has 13 amide bonds. The van der Waals surface area contributed by atoms with Crippen molar-refractivity contribution in [1.82, 2.24) is 69.1 Å². The lowest BCUT2D eigenvalue weighted by Crippen LogP contribution is -2.60. The fourth-order valence-electron chi connectivity index (χ4n) is 16.0. The predicted octanol–water partition coefficient (Wildman–Crippen LogP) is 8.69. The van der Waals surface area contributed by atoms with Crippen LogP contribution in [0.5, 0.6) is 0 Å². The van der Waals surface area contributed by atoms with E-state index < -0.39 is 240 Å². The van der Waals surface area contributed by atoms with E-state index in [1.807, 2.05) is 123 Å². The lowest BCUT2D eigenvalue weighted by Gasteiger charge is -2.37. The van der Waals surface area contributed by atoms with Crippen LogP contribution in [-0.2, 0) is 104 Å². The Morgan fingerprint density at radius 2 is 0.643 bits per heavy atom. The van der Waals surface area contributed by atoms with Crippen molar-refractivity contribution in [3.05, 3.63) is 251 Å². The maximum atomic E-state index is 15.7. The molecule has 35 nitrogen and oxygen atoms in total. The first-order chi connectivity index (χ1) is 67.6. The maximum Gasteiger partial charge on any atom is 0.407 e. The Kier molecular flexibility index (Phi) is 45.2. The lowest BCUT2D eigenvalue weighted by atomic mass is 9.77. The van der Waals surface area contributed by atoms with E-state index in [0.29, 0.717) is 51.8 Å². The zero-order valence-electron chi connectivity index (χ0n) is 84.6. The molecule has 0 heterocycles. The Morgan fingerprint density at radius 3 is 1.01 bits per heavy atom. The number of alkyl carbamates (subject to hydrolysis) is 1. The predicted molar refractivity (Wildman–Crippen MR) is 540 cm³/mol. The van der Waals surface area contributed by atoms with Crippen molar-refractivity contribution >= 4 is 94.9 Å². The number of hydrogen-bond donors (Lipinski definition) is 16. The minimum atomic E-state index is -1.82. The number of carbonyl (C=O) groups is 16. The summed E-state index contributed by atoms with van der Waals surface area (Å²) in [4.78, 5) is 233. The van der Waals surface area contributed by atoms with Crippen LogP contribution in [0, 0.1) is 11.8 Å². The van der Waals surface area contributed by atoms with Crippen LogP contribution in [0.1, 0.15) is 233 Å². The molecule has 0 spiro atoms. The average molecular weight is 1970 g/mol. The Bertz CT molecular complexity index is 5160. The van der Waals surface area contributed by atoms with Crippen molar-refractivity contribution in [3.63, 3.8) is 0 Å². The summed E-state index contributed by atoms with van der Waals surface area (Å²) in [5, 5.41) is 45.6. The van der Waals surface area contributed by atoms with Crippen molar-refractivity contribution in [2.75, 3.05) is 13.1 Å². The Hall–Kier alpha value is -14.2. The molecule has 772 valence electrons.